The minimum Gasteiger partial charge on any atom is -0.475 e. The number of ether oxygens (including phenoxy) is 17. The van der Waals surface area contributed by atoms with Crippen LogP contribution in [-0.2, 0) is 121 Å². The van der Waals surface area contributed by atoms with Crippen LogP contribution in [0.15, 0.2) is 60.4 Å². The van der Waals surface area contributed by atoms with Gasteiger partial charge in [-0.05, 0) is 86.1 Å². The van der Waals surface area contributed by atoms with Crippen molar-refractivity contribution in [3.63, 3.8) is 0 Å². The van der Waals surface area contributed by atoms with Crippen LogP contribution < -0.4 is 37.1 Å². The number of anilines is 1. The number of likely N-dealkylation sites (tertiary alicyclic amines) is 1. The summed E-state index contributed by atoms with van der Waals surface area (Å²) in [7, 11) is 7.57. The van der Waals surface area contributed by atoms with Crippen LogP contribution in [0.1, 0.15) is 130 Å². The summed E-state index contributed by atoms with van der Waals surface area (Å²) >= 11 is 0. The molecule has 724 valence electrons. The lowest BCUT2D eigenvalue weighted by atomic mass is 9.89. The number of aliphatic hydroxyl groups is 3. The molecule has 1 saturated heterocycles. The predicted octanol–water partition coefficient (Wildman–Crippen LogP) is 3.28. The third-order valence-corrected chi connectivity index (χ3v) is 21.3. The van der Waals surface area contributed by atoms with Crippen molar-refractivity contribution in [1.29, 1.82) is 0 Å². The molecular formula is C88H147N9O30. The first-order chi connectivity index (χ1) is 61.0. The predicted molar refractivity (Wildman–Crippen MR) is 465 cm³/mol. The summed E-state index contributed by atoms with van der Waals surface area (Å²) in [6.07, 6.45) is -5.22. The highest BCUT2D eigenvalue weighted by Gasteiger charge is 2.45. The number of nitrogens with zero attached hydrogens (tertiary/aromatic N) is 3. The molecule has 0 radical (unpaired) electrons. The first-order valence-electron chi connectivity index (χ1n) is 44.1. The molecule has 0 aliphatic carbocycles. The summed E-state index contributed by atoms with van der Waals surface area (Å²) in [5, 5.41) is 55.9. The second kappa shape index (κ2) is 64.8. The van der Waals surface area contributed by atoms with Gasteiger partial charge in [0.05, 0.1) is 212 Å². The molecule has 0 unspecified atom stereocenters. The summed E-state index contributed by atoms with van der Waals surface area (Å²) in [4.78, 5) is 127. The van der Waals surface area contributed by atoms with Gasteiger partial charge in [0, 0.05) is 67.9 Å². The highest BCUT2D eigenvalue weighted by atomic mass is 16.7. The molecule has 2 aliphatic heterocycles. The number of unbranched alkanes of at least 4 members (excludes halogenated alkanes) is 1. The lowest BCUT2D eigenvalue weighted by molar-refractivity contribution is -0.172. The molecule has 0 bridgehead atoms. The fraction of sp³-hybridized carbons (Fsp3) is 0.739. The Morgan fingerprint density at radius 2 is 1.14 bits per heavy atom. The van der Waals surface area contributed by atoms with Gasteiger partial charge in [-0.15, -0.1) is 0 Å². The van der Waals surface area contributed by atoms with E-state index in [9.17, 15) is 63.6 Å². The molecule has 2 aromatic carbocycles. The molecule has 0 aromatic heterocycles. The van der Waals surface area contributed by atoms with Gasteiger partial charge in [0.15, 0.2) is 6.10 Å². The Kier molecular flexibility index (Phi) is 56.8. The number of hydrogen-bond acceptors (Lipinski definition) is 30. The normalized spacial score (nSPS) is 17.5. The Hall–Kier alpha value is -7.91. The Balaban J connectivity index is 1.16. The highest BCUT2D eigenvalue weighted by molar-refractivity contribution is 5.94. The van der Waals surface area contributed by atoms with Crippen LogP contribution in [0.25, 0.3) is 0 Å². The number of nitrogens with two attached hydrogens (primary N) is 1. The van der Waals surface area contributed by atoms with E-state index in [1.54, 1.807) is 84.9 Å². The molecule has 39 heteroatoms. The second-order valence-electron chi connectivity index (χ2n) is 31.6. The highest BCUT2D eigenvalue weighted by Crippen LogP contribution is 2.33. The number of hydrogen-bond donors (Lipinski definition) is 10. The minimum absolute atomic E-state index is 0.0943. The minimum atomic E-state index is -1.80. The van der Waals surface area contributed by atoms with Crippen LogP contribution >= 0.6 is 0 Å². The number of amides is 8. The van der Waals surface area contributed by atoms with Crippen LogP contribution in [-0.4, -0.2) is 363 Å². The van der Waals surface area contributed by atoms with E-state index in [1.165, 1.54) is 44.4 Å². The zero-order chi connectivity index (χ0) is 93.4. The van der Waals surface area contributed by atoms with Gasteiger partial charge in [0.2, 0.25) is 47.1 Å². The van der Waals surface area contributed by atoms with E-state index in [-0.39, 0.29) is 86.1 Å². The average Bonchev–Trinajstić information content (AvgIpc) is 1.78. The van der Waals surface area contributed by atoms with E-state index in [4.69, 9.17) is 86.3 Å². The number of carbonyl (C=O) groups is 9. The summed E-state index contributed by atoms with van der Waals surface area (Å²) in [5.41, 5.74) is 7.00. The van der Waals surface area contributed by atoms with Gasteiger partial charge in [-0.3, -0.25) is 38.5 Å². The summed E-state index contributed by atoms with van der Waals surface area (Å²) in [6, 6.07) is 8.04. The summed E-state index contributed by atoms with van der Waals surface area (Å²) in [6.45, 7) is 24.4. The molecular weight excluding hydrogens is 1660 g/mol. The molecule has 4 rings (SSSR count). The number of carboxylic acid groups (broad SMARTS) is 1. The monoisotopic (exact) mass is 1810 g/mol. The Morgan fingerprint density at radius 1 is 0.606 bits per heavy atom. The van der Waals surface area contributed by atoms with Crippen LogP contribution in [0.2, 0.25) is 0 Å². The standard InChI is InChI=1S/C88H147N9O30/c1-14-61(6)78(71(112-12)57-75(101)97-31-20-24-68(97)81(113-13)62(7)82(104)92-63(8)79(102)65-21-16-15-17-22-65)95(9)85(107)76(59(2)3)94-84(106)77(60(4)5)96(10)88(110)125-58-64-25-26-70(126-87-80(103)69(98)56-72(127-87)86(108)109)67(55-64)93-74(100)27-30-91-83(105)66(89)23-18-19-29-90-73(99)28-32-114-35-36-116-39-40-118-43-44-120-47-48-122-51-52-124-54-53-123-50-49-121-46-45-119-42-41-117-38-37-115-34-33-111-11/h15-17,21-22,25-26,55-56,59-63,66,68-69,71,76-81,87,98,102-103H,14,18-20,23-24,27-54,57-58,89H2,1-13H3,(H,90,99)(H,91,105)(H,92,104)(H,93,100)(H,94,106)(H,108,109)/t61-,62+,63+,66-,68-,69-,71+,76-,77-,78-,79+,80+,81+,87+/m0/s1. The maximum absolute atomic E-state index is 14.9. The van der Waals surface area contributed by atoms with Crippen LogP contribution in [0.3, 0.4) is 0 Å². The number of likely N-dealkylation sites (N-methyl/N-ethyl adjacent to an activating group) is 2. The molecule has 0 spiro atoms. The molecule has 0 saturated carbocycles. The number of methoxy groups -OCH3 is 3. The number of benzene rings is 2. The first kappa shape index (κ1) is 111. The molecule has 11 N–H and O–H groups in total. The van der Waals surface area contributed by atoms with Crippen molar-refractivity contribution in [2.45, 2.75) is 193 Å². The van der Waals surface area contributed by atoms with Crippen LogP contribution in [0.4, 0.5) is 10.5 Å². The summed E-state index contributed by atoms with van der Waals surface area (Å²) < 4.78 is 94.3. The van der Waals surface area contributed by atoms with Crippen molar-refractivity contribution < 1.29 is 144 Å². The lowest BCUT2D eigenvalue weighted by Crippen LogP contribution is -2.60. The van der Waals surface area contributed by atoms with E-state index in [0.29, 0.717) is 190 Å². The number of aliphatic carboxylic acids is 1. The van der Waals surface area contributed by atoms with E-state index < -0.39 is 139 Å². The molecule has 2 aromatic rings. The van der Waals surface area contributed by atoms with Gasteiger partial charge in [-0.2, -0.15) is 0 Å². The Bertz CT molecular complexity index is 3480. The summed E-state index contributed by atoms with van der Waals surface area (Å²) in [5.74, 6) is -7.63. The molecule has 127 heavy (non-hydrogen) atoms. The number of nitrogens with one attached hydrogen (secondary N) is 5. The Labute approximate surface area is 747 Å². The zero-order valence-electron chi connectivity index (χ0n) is 76.7. The van der Waals surface area contributed by atoms with Crippen molar-refractivity contribution >= 4 is 59.1 Å². The van der Waals surface area contributed by atoms with Crippen molar-refractivity contribution in [2.75, 3.05) is 212 Å². The van der Waals surface area contributed by atoms with E-state index in [1.807, 2.05) is 19.9 Å². The van der Waals surface area contributed by atoms with Crippen molar-refractivity contribution in [1.82, 2.24) is 36.0 Å². The molecule has 8 amide bonds. The third kappa shape index (κ3) is 42.7. The third-order valence-electron chi connectivity index (χ3n) is 21.3. The van der Waals surface area contributed by atoms with Crippen LogP contribution in [0, 0.1) is 23.7 Å². The van der Waals surface area contributed by atoms with Crippen LogP contribution in [0.5, 0.6) is 5.75 Å². The first-order valence-corrected chi connectivity index (χ1v) is 44.1. The van der Waals surface area contributed by atoms with Gasteiger partial charge in [0.25, 0.3) is 6.29 Å². The number of carbonyl (C=O) groups excluding carboxylic acids is 8. The fourth-order valence-corrected chi connectivity index (χ4v) is 14.0. The van der Waals surface area contributed by atoms with Crippen molar-refractivity contribution in [3.8, 4) is 5.75 Å². The molecule has 2 aliphatic rings. The Morgan fingerprint density at radius 3 is 1.64 bits per heavy atom. The van der Waals surface area contributed by atoms with Gasteiger partial charge in [-0.1, -0.05) is 91.3 Å². The van der Waals surface area contributed by atoms with Gasteiger partial charge >= 0.3 is 12.1 Å². The number of rotatable bonds is 71. The SMILES string of the molecule is CC[C@H](C)[C@@H]([C@@H](CC(=O)N1CCC[C@H]1[C@H](OC)[C@@H](C)C(=O)N[C@H](C)[C@@H](O)c1ccccc1)OC)N(C)C(=O)[C@@H](NC(=O)[C@H](C(C)C)N(C)C(=O)OCc1ccc(O[C@@H]2OC(C(=O)O)=C[C@H](O)[C@H]2O)c(NC(=O)CCNC(=O)[C@@H](N)CCCCNC(=O)CCOCCOCCOCCOCCOCCOCCOCCOCCOCCOCCOCCOC)c1)C(C)C. The number of aliphatic hydroxyl groups excluding tert-OH is 3. The topological polar surface area (TPSA) is 487 Å². The molecule has 39 nitrogen and oxygen atoms in total. The maximum atomic E-state index is 14.9. The lowest BCUT2D eigenvalue weighted by Gasteiger charge is -2.41. The van der Waals surface area contributed by atoms with Gasteiger partial charge in [0.1, 0.15) is 30.5 Å². The largest absolute Gasteiger partial charge is 0.475 e. The van der Waals surface area contributed by atoms with Crippen molar-refractivity contribution in [2.24, 2.45) is 29.4 Å². The molecule has 14 atom stereocenters. The maximum Gasteiger partial charge on any atom is 0.410 e. The van der Waals surface area contributed by atoms with E-state index >= 15 is 0 Å². The molecule has 1 fully saturated rings. The number of carboxylic acids is 1. The average molecular weight is 1810 g/mol. The van der Waals surface area contributed by atoms with E-state index in [0.717, 1.165) is 11.0 Å². The quantitative estimate of drug-likeness (QED) is 0.0425. The zero-order valence-corrected chi connectivity index (χ0v) is 76.7. The molecule has 2 heterocycles. The second-order valence-corrected chi connectivity index (χ2v) is 31.6. The van der Waals surface area contributed by atoms with E-state index in [2.05, 4.69) is 26.6 Å². The smallest absolute Gasteiger partial charge is 0.410 e. The van der Waals surface area contributed by atoms with Gasteiger partial charge < -0.3 is 143 Å². The fourth-order valence-electron chi connectivity index (χ4n) is 14.0. The van der Waals surface area contributed by atoms with Gasteiger partial charge in [-0.25, -0.2) is 9.59 Å². The van der Waals surface area contributed by atoms with Crippen molar-refractivity contribution in [3.05, 3.63) is 71.5 Å².